The third kappa shape index (κ3) is 4.44. The number of nitrogens with zero attached hydrogens (tertiary/aromatic N) is 1. The maximum Gasteiger partial charge on any atom is 0.254 e. The van der Waals surface area contributed by atoms with Gasteiger partial charge in [0.2, 0.25) is 10.0 Å². The molecule has 1 aromatic rings. The molecule has 0 spiro atoms. The Morgan fingerprint density at radius 1 is 1.43 bits per heavy atom. The smallest absolute Gasteiger partial charge is 0.254 e. The molecule has 1 aliphatic heterocycles. The van der Waals surface area contributed by atoms with Crippen LogP contribution >= 0.6 is 12.4 Å². The van der Waals surface area contributed by atoms with Gasteiger partial charge < -0.3 is 10.2 Å². The SMILES string of the molecule is CCNS(=O)(=O)c1ccc(C)c(C(=O)N2CCNCC2C)c1.Cl. The average Bonchev–Trinajstić information content (AvgIpc) is 2.47. The molecule has 8 heteroatoms. The van der Waals surface area contributed by atoms with Crippen LogP contribution in [0.25, 0.3) is 0 Å². The molecule has 2 N–H and O–H groups in total. The molecular formula is C15H24ClN3O3S. The summed E-state index contributed by atoms with van der Waals surface area (Å²) in [5, 5.41) is 3.24. The standard InChI is InChI=1S/C15H23N3O3S.ClH/c1-4-17-22(20,21)13-6-5-11(2)14(9-13)15(19)18-8-7-16-10-12(18)3;/h5-6,9,12,16-17H,4,7-8,10H2,1-3H3;1H. The van der Waals surface area contributed by atoms with Crippen LogP contribution in [-0.2, 0) is 10.0 Å². The van der Waals surface area contributed by atoms with E-state index in [0.29, 0.717) is 18.7 Å². The lowest BCUT2D eigenvalue weighted by atomic mass is 10.1. The van der Waals surface area contributed by atoms with Gasteiger partial charge >= 0.3 is 0 Å². The van der Waals surface area contributed by atoms with Gasteiger partial charge in [-0.25, -0.2) is 13.1 Å². The third-order valence-electron chi connectivity index (χ3n) is 3.85. The maximum absolute atomic E-state index is 12.8. The van der Waals surface area contributed by atoms with Crippen molar-refractivity contribution in [3.8, 4) is 0 Å². The fourth-order valence-corrected chi connectivity index (χ4v) is 3.64. The number of sulfonamides is 1. The molecule has 1 aromatic carbocycles. The van der Waals surface area contributed by atoms with Crippen molar-refractivity contribution < 1.29 is 13.2 Å². The van der Waals surface area contributed by atoms with Crippen molar-refractivity contribution in [2.24, 2.45) is 0 Å². The van der Waals surface area contributed by atoms with Crippen LogP contribution < -0.4 is 10.0 Å². The highest BCUT2D eigenvalue weighted by molar-refractivity contribution is 7.89. The van der Waals surface area contributed by atoms with Crippen LogP contribution in [0, 0.1) is 6.92 Å². The number of halogens is 1. The van der Waals surface area contributed by atoms with Gasteiger partial charge in [0, 0.05) is 37.8 Å². The third-order valence-corrected chi connectivity index (χ3v) is 5.39. The summed E-state index contributed by atoms with van der Waals surface area (Å²) < 4.78 is 26.7. The molecular weight excluding hydrogens is 338 g/mol. The zero-order valence-electron chi connectivity index (χ0n) is 13.6. The van der Waals surface area contributed by atoms with Gasteiger partial charge in [-0.05, 0) is 31.5 Å². The second kappa shape index (κ2) is 8.10. The molecule has 1 aliphatic rings. The second-order valence-corrected chi connectivity index (χ2v) is 7.30. The van der Waals surface area contributed by atoms with Crippen molar-refractivity contribution >= 4 is 28.3 Å². The molecule has 23 heavy (non-hydrogen) atoms. The summed E-state index contributed by atoms with van der Waals surface area (Å²) in [6.45, 7) is 7.98. The summed E-state index contributed by atoms with van der Waals surface area (Å²) >= 11 is 0. The number of aryl methyl sites for hydroxylation is 1. The predicted molar refractivity (Wildman–Crippen MR) is 92.7 cm³/mol. The average molecular weight is 362 g/mol. The normalized spacial score (nSPS) is 18.4. The van der Waals surface area contributed by atoms with Crippen LogP contribution in [0.3, 0.4) is 0 Å². The highest BCUT2D eigenvalue weighted by Crippen LogP contribution is 2.19. The number of rotatable bonds is 4. The van der Waals surface area contributed by atoms with Crippen molar-refractivity contribution in [1.82, 2.24) is 14.9 Å². The van der Waals surface area contributed by atoms with Gasteiger partial charge in [-0.1, -0.05) is 13.0 Å². The molecule has 1 heterocycles. The largest absolute Gasteiger partial charge is 0.333 e. The van der Waals surface area contributed by atoms with Crippen LogP contribution in [0.15, 0.2) is 23.1 Å². The molecule has 0 bridgehead atoms. The number of hydrogen-bond donors (Lipinski definition) is 2. The lowest BCUT2D eigenvalue weighted by molar-refractivity contribution is 0.0654. The molecule has 1 amide bonds. The molecule has 130 valence electrons. The van der Waals surface area contributed by atoms with Gasteiger partial charge in [-0.2, -0.15) is 0 Å². The molecule has 1 fully saturated rings. The number of hydrogen-bond acceptors (Lipinski definition) is 4. The number of amides is 1. The van der Waals surface area contributed by atoms with Gasteiger partial charge in [-0.3, -0.25) is 4.79 Å². The minimum atomic E-state index is -3.56. The number of carbonyl (C=O) groups is 1. The summed E-state index contributed by atoms with van der Waals surface area (Å²) in [5.41, 5.74) is 1.24. The minimum absolute atomic E-state index is 0. The first-order valence-electron chi connectivity index (χ1n) is 7.49. The highest BCUT2D eigenvalue weighted by Gasteiger charge is 2.26. The fraction of sp³-hybridized carbons (Fsp3) is 0.533. The monoisotopic (exact) mass is 361 g/mol. The first-order chi connectivity index (χ1) is 10.4. The number of benzene rings is 1. The Labute approximate surface area is 144 Å². The van der Waals surface area contributed by atoms with Crippen molar-refractivity contribution in [3.05, 3.63) is 29.3 Å². The molecule has 0 aromatic heterocycles. The Hall–Kier alpha value is -1.15. The maximum atomic E-state index is 12.8. The van der Waals surface area contributed by atoms with E-state index in [1.54, 1.807) is 17.9 Å². The highest BCUT2D eigenvalue weighted by atomic mass is 35.5. The lowest BCUT2D eigenvalue weighted by Gasteiger charge is -2.34. The number of piperazine rings is 1. The Kier molecular flexibility index (Phi) is 7.01. The molecule has 1 saturated heterocycles. The van der Waals surface area contributed by atoms with Crippen LogP contribution in [0.2, 0.25) is 0 Å². The van der Waals surface area contributed by atoms with Crippen LogP contribution in [0.4, 0.5) is 0 Å². The van der Waals surface area contributed by atoms with E-state index in [-0.39, 0.29) is 29.3 Å². The molecule has 0 aliphatic carbocycles. The molecule has 1 atom stereocenters. The zero-order chi connectivity index (χ0) is 16.3. The van der Waals surface area contributed by atoms with Gasteiger partial charge in [0.05, 0.1) is 4.90 Å². The number of nitrogens with one attached hydrogen (secondary N) is 2. The summed E-state index contributed by atoms with van der Waals surface area (Å²) in [7, 11) is -3.56. The summed E-state index contributed by atoms with van der Waals surface area (Å²) in [5.74, 6) is -0.111. The van der Waals surface area contributed by atoms with E-state index in [2.05, 4.69) is 10.0 Å². The van der Waals surface area contributed by atoms with Crippen molar-refractivity contribution in [1.29, 1.82) is 0 Å². The topological polar surface area (TPSA) is 78.5 Å². The Morgan fingerprint density at radius 3 is 2.74 bits per heavy atom. The van der Waals surface area contributed by atoms with E-state index >= 15 is 0 Å². The predicted octanol–water partition coefficient (Wildman–Crippen LogP) is 1.15. The Balaban J connectivity index is 0.00000264. The van der Waals surface area contributed by atoms with Crippen LogP contribution in [-0.4, -0.2) is 51.4 Å². The van der Waals surface area contributed by atoms with Gasteiger partial charge in [0.15, 0.2) is 0 Å². The molecule has 2 rings (SSSR count). The van der Waals surface area contributed by atoms with E-state index in [1.807, 2.05) is 13.8 Å². The number of carbonyl (C=O) groups excluding carboxylic acids is 1. The van der Waals surface area contributed by atoms with Crippen molar-refractivity contribution in [2.75, 3.05) is 26.2 Å². The van der Waals surface area contributed by atoms with E-state index < -0.39 is 10.0 Å². The second-order valence-electron chi connectivity index (χ2n) is 5.53. The van der Waals surface area contributed by atoms with Crippen molar-refractivity contribution in [3.63, 3.8) is 0 Å². The quantitative estimate of drug-likeness (QED) is 0.843. The van der Waals surface area contributed by atoms with Crippen LogP contribution in [0.1, 0.15) is 29.8 Å². The molecule has 0 radical (unpaired) electrons. The Morgan fingerprint density at radius 2 is 2.13 bits per heavy atom. The van der Waals surface area contributed by atoms with Crippen molar-refractivity contribution in [2.45, 2.75) is 31.7 Å². The first kappa shape index (κ1) is 19.9. The van der Waals surface area contributed by atoms with E-state index in [4.69, 9.17) is 0 Å². The molecule has 0 saturated carbocycles. The summed E-state index contributed by atoms with van der Waals surface area (Å²) in [6, 6.07) is 4.79. The van der Waals surface area contributed by atoms with Gasteiger partial charge in [0.25, 0.3) is 5.91 Å². The van der Waals surface area contributed by atoms with E-state index in [0.717, 1.165) is 18.7 Å². The van der Waals surface area contributed by atoms with Gasteiger partial charge in [0.1, 0.15) is 0 Å². The minimum Gasteiger partial charge on any atom is -0.333 e. The summed E-state index contributed by atoms with van der Waals surface area (Å²) in [4.78, 5) is 14.7. The summed E-state index contributed by atoms with van der Waals surface area (Å²) in [6.07, 6.45) is 0. The van der Waals surface area contributed by atoms with E-state index in [1.165, 1.54) is 12.1 Å². The molecule has 6 nitrogen and oxygen atoms in total. The van der Waals surface area contributed by atoms with Crippen LogP contribution in [0.5, 0.6) is 0 Å². The zero-order valence-corrected chi connectivity index (χ0v) is 15.3. The lowest BCUT2D eigenvalue weighted by Crippen LogP contribution is -2.52. The first-order valence-corrected chi connectivity index (χ1v) is 8.97. The van der Waals surface area contributed by atoms with E-state index in [9.17, 15) is 13.2 Å². The Bertz CT molecular complexity index is 664. The molecule has 1 unspecified atom stereocenters. The van der Waals surface area contributed by atoms with Gasteiger partial charge in [-0.15, -0.1) is 12.4 Å². The fourth-order valence-electron chi connectivity index (χ4n) is 2.57.